The number of hydrogen-bond donors (Lipinski definition) is 1. The Balaban J connectivity index is 4.64. The van der Waals surface area contributed by atoms with Gasteiger partial charge in [0.05, 0.1) is 0 Å². The summed E-state index contributed by atoms with van der Waals surface area (Å²) in [5.41, 5.74) is 6.98. The Morgan fingerprint density at radius 3 is 1.57 bits per heavy atom. The molecule has 1 nitrogen and oxygen atoms in total. The molecule has 0 aliphatic carbocycles. The fraction of sp³-hybridized carbons (Fsp3) is 1.00. The maximum absolute atomic E-state index is 6.47. The molecule has 0 bridgehead atoms. The van der Waals surface area contributed by atoms with Crippen molar-refractivity contribution in [3.8, 4) is 0 Å². The minimum absolute atomic E-state index is 0.0682. The van der Waals surface area contributed by atoms with Crippen LogP contribution in [0.15, 0.2) is 0 Å². The molecular formula is C13H29N. The van der Waals surface area contributed by atoms with Crippen LogP contribution in [0.2, 0.25) is 0 Å². The predicted molar refractivity (Wildman–Crippen MR) is 65.4 cm³/mol. The molecule has 0 aromatic rings. The van der Waals surface area contributed by atoms with Crippen LogP contribution in [-0.4, -0.2) is 5.54 Å². The van der Waals surface area contributed by atoms with Crippen molar-refractivity contribution in [2.75, 3.05) is 0 Å². The van der Waals surface area contributed by atoms with Crippen LogP contribution in [0.4, 0.5) is 0 Å². The molecule has 14 heavy (non-hydrogen) atoms. The van der Waals surface area contributed by atoms with Gasteiger partial charge in [-0.2, -0.15) is 0 Å². The second-order valence-corrected chi connectivity index (χ2v) is 6.35. The van der Waals surface area contributed by atoms with E-state index in [4.69, 9.17) is 5.73 Å². The summed E-state index contributed by atoms with van der Waals surface area (Å²) in [6.45, 7) is 15.8. The van der Waals surface area contributed by atoms with Gasteiger partial charge in [0.15, 0.2) is 0 Å². The Morgan fingerprint density at radius 1 is 0.857 bits per heavy atom. The highest BCUT2D eigenvalue weighted by Gasteiger charge is 2.39. The molecule has 0 fully saturated rings. The number of rotatable bonds is 5. The standard InChI is InChI=1S/C13H29N/c1-8-11(3,4)10-13(7,14)12(5,6)9-2/h8-10,14H2,1-7H3. The highest BCUT2D eigenvalue weighted by molar-refractivity contribution is 4.96. The van der Waals surface area contributed by atoms with Gasteiger partial charge in [-0.25, -0.2) is 0 Å². The Morgan fingerprint density at radius 2 is 1.29 bits per heavy atom. The Hall–Kier alpha value is -0.0400. The summed E-state index contributed by atoms with van der Waals surface area (Å²) in [4.78, 5) is 0. The summed E-state index contributed by atoms with van der Waals surface area (Å²) in [6, 6.07) is 0. The zero-order valence-corrected chi connectivity index (χ0v) is 11.2. The number of hydrogen-bond acceptors (Lipinski definition) is 1. The lowest BCUT2D eigenvalue weighted by Gasteiger charge is -2.45. The fourth-order valence-electron chi connectivity index (χ4n) is 1.76. The first-order chi connectivity index (χ1) is 6.08. The maximum atomic E-state index is 6.47. The van der Waals surface area contributed by atoms with Gasteiger partial charge in [0.25, 0.3) is 0 Å². The lowest BCUT2D eigenvalue weighted by atomic mass is 9.64. The van der Waals surface area contributed by atoms with Gasteiger partial charge in [0.1, 0.15) is 0 Å². The molecule has 86 valence electrons. The van der Waals surface area contributed by atoms with E-state index in [1.807, 2.05) is 0 Å². The zero-order chi connectivity index (χ0) is 11.6. The Kier molecular flexibility index (Phi) is 4.21. The molecule has 1 atom stereocenters. The smallest absolute Gasteiger partial charge is 0.0182 e. The average Bonchev–Trinajstić information content (AvgIpc) is 2.02. The molecule has 0 amide bonds. The summed E-state index contributed by atoms with van der Waals surface area (Å²) in [6.07, 6.45) is 3.43. The summed E-state index contributed by atoms with van der Waals surface area (Å²) >= 11 is 0. The highest BCUT2D eigenvalue weighted by Crippen LogP contribution is 2.41. The van der Waals surface area contributed by atoms with Crippen molar-refractivity contribution in [3.63, 3.8) is 0 Å². The molecule has 0 aromatic heterocycles. The van der Waals surface area contributed by atoms with Gasteiger partial charge in [0, 0.05) is 5.54 Å². The molecule has 0 aliphatic heterocycles. The van der Waals surface area contributed by atoms with Crippen LogP contribution in [0.25, 0.3) is 0 Å². The number of nitrogens with two attached hydrogens (primary N) is 1. The molecule has 0 aromatic carbocycles. The van der Waals surface area contributed by atoms with Gasteiger partial charge in [0.2, 0.25) is 0 Å². The van der Waals surface area contributed by atoms with Crippen LogP contribution >= 0.6 is 0 Å². The minimum Gasteiger partial charge on any atom is -0.325 e. The van der Waals surface area contributed by atoms with Crippen molar-refractivity contribution in [1.29, 1.82) is 0 Å². The summed E-state index contributed by atoms with van der Waals surface area (Å²) < 4.78 is 0. The van der Waals surface area contributed by atoms with E-state index in [9.17, 15) is 0 Å². The molecule has 0 aliphatic rings. The third-order valence-corrected chi connectivity index (χ3v) is 4.23. The molecule has 0 radical (unpaired) electrons. The predicted octanol–water partition coefficient (Wildman–Crippen LogP) is 3.97. The van der Waals surface area contributed by atoms with E-state index < -0.39 is 0 Å². The summed E-state index contributed by atoms with van der Waals surface area (Å²) in [5, 5.41) is 0. The van der Waals surface area contributed by atoms with E-state index in [2.05, 4.69) is 48.5 Å². The summed E-state index contributed by atoms with van der Waals surface area (Å²) in [5.74, 6) is 0. The molecule has 0 saturated carbocycles. The van der Waals surface area contributed by atoms with E-state index >= 15 is 0 Å². The van der Waals surface area contributed by atoms with Crippen LogP contribution < -0.4 is 5.73 Å². The Bertz CT molecular complexity index is 178. The second-order valence-electron chi connectivity index (χ2n) is 6.35. The second kappa shape index (κ2) is 4.22. The fourth-order valence-corrected chi connectivity index (χ4v) is 1.76. The van der Waals surface area contributed by atoms with Gasteiger partial charge in [-0.05, 0) is 30.6 Å². The Labute approximate surface area is 90.5 Å². The van der Waals surface area contributed by atoms with Gasteiger partial charge >= 0.3 is 0 Å². The van der Waals surface area contributed by atoms with E-state index in [0.717, 1.165) is 12.8 Å². The average molecular weight is 199 g/mol. The van der Waals surface area contributed by atoms with Crippen molar-refractivity contribution >= 4 is 0 Å². The third-order valence-electron chi connectivity index (χ3n) is 4.23. The lowest BCUT2D eigenvalue weighted by molar-refractivity contribution is 0.109. The quantitative estimate of drug-likeness (QED) is 0.712. The first-order valence-electron chi connectivity index (χ1n) is 5.87. The molecule has 0 spiro atoms. The van der Waals surface area contributed by atoms with E-state index in [1.165, 1.54) is 6.42 Å². The van der Waals surface area contributed by atoms with Crippen molar-refractivity contribution in [3.05, 3.63) is 0 Å². The van der Waals surface area contributed by atoms with Gasteiger partial charge < -0.3 is 5.73 Å². The van der Waals surface area contributed by atoms with E-state index in [-0.39, 0.29) is 11.0 Å². The molecule has 2 N–H and O–H groups in total. The monoisotopic (exact) mass is 199 g/mol. The van der Waals surface area contributed by atoms with Crippen LogP contribution in [0, 0.1) is 10.8 Å². The van der Waals surface area contributed by atoms with E-state index in [1.54, 1.807) is 0 Å². The highest BCUT2D eigenvalue weighted by atomic mass is 14.8. The van der Waals surface area contributed by atoms with E-state index in [0.29, 0.717) is 5.41 Å². The van der Waals surface area contributed by atoms with Crippen molar-refractivity contribution in [2.45, 2.75) is 73.3 Å². The maximum Gasteiger partial charge on any atom is 0.0182 e. The first kappa shape index (κ1) is 14.0. The SMILES string of the molecule is CCC(C)(C)CC(C)(N)C(C)(C)CC. The minimum atomic E-state index is -0.0682. The largest absolute Gasteiger partial charge is 0.325 e. The van der Waals surface area contributed by atoms with Crippen LogP contribution in [0.3, 0.4) is 0 Å². The lowest BCUT2D eigenvalue weighted by Crippen LogP contribution is -2.52. The van der Waals surface area contributed by atoms with Crippen molar-refractivity contribution < 1.29 is 0 Å². The van der Waals surface area contributed by atoms with Crippen molar-refractivity contribution in [1.82, 2.24) is 0 Å². The normalized spacial score (nSPS) is 18.0. The summed E-state index contributed by atoms with van der Waals surface area (Å²) in [7, 11) is 0. The zero-order valence-electron chi connectivity index (χ0n) is 11.2. The van der Waals surface area contributed by atoms with Gasteiger partial charge in [-0.15, -0.1) is 0 Å². The van der Waals surface area contributed by atoms with Crippen LogP contribution in [-0.2, 0) is 0 Å². The first-order valence-corrected chi connectivity index (χ1v) is 5.87. The molecule has 1 heteroatoms. The van der Waals surface area contributed by atoms with Crippen molar-refractivity contribution in [2.24, 2.45) is 16.6 Å². The van der Waals surface area contributed by atoms with Gasteiger partial charge in [-0.3, -0.25) is 0 Å². The molecule has 0 rings (SSSR count). The third kappa shape index (κ3) is 3.27. The molecule has 0 heterocycles. The van der Waals surface area contributed by atoms with Crippen LogP contribution in [0.1, 0.15) is 67.7 Å². The van der Waals surface area contributed by atoms with Crippen LogP contribution in [0.5, 0.6) is 0 Å². The molecular weight excluding hydrogens is 170 g/mol. The molecule has 1 unspecified atom stereocenters. The molecule has 0 saturated heterocycles. The topological polar surface area (TPSA) is 26.0 Å². The van der Waals surface area contributed by atoms with Gasteiger partial charge in [-0.1, -0.05) is 48.0 Å².